The van der Waals surface area contributed by atoms with Gasteiger partial charge in [0.15, 0.2) is 0 Å². The van der Waals surface area contributed by atoms with E-state index in [0.717, 1.165) is 22.6 Å². The van der Waals surface area contributed by atoms with Gasteiger partial charge in [0.25, 0.3) is 0 Å². The lowest BCUT2D eigenvalue weighted by atomic mass is 10.3. The summed E-state index contributed by atoms with van der Waals surface area (Å²) >= 11 is 1.52. The first-order valence-electron chi connectivity index (χ1n) is 6.68. The number of imidazole rings is 1. The van der Waals surface area contributed by atoms with Crippen molar-refractivity contribution in [3.05, 3.63) is 42.5 Å². The fraction of sp³-hybridized carbons (Fsp3) is 0.333. The molecule has 1 heterocycles. The Morgan fingerprint density at radius 2 is 2.38 bits per heavy atom. The summed E-state index contributed by atoms with van der Waals surface area (Å²) in [6.07, 6.45) is 2.39. The maximum absolute atomic E-state index is 13.2. The highest BCUT2D eigenvalue weighted by atomic mass is 32.2. The van der Waals surface area contributed by atoms with Gasteiger partial charge in [-0.1, -0.05) is 6.08 Å². The molecule has 1 amide bonds. The fourth-order valence-electron chi connectivity index (χ4n) is 2.04. The molecule has 0 atom stereocenters. The van der Waals surface area contributed by atoms with Crippen molar-refractivity contribution < 1.29 is 9.18 Å². The number of nitrogens with one attached hydrogen (secondary N) is 1. The third-order valence-corrected chi connectivity index (χ3v) is 4.01. The van der Waals surface area contributed by atoms with Gasteiger partial charge in [0.2, 0.25) is 5.91 Å². The Morgan fingerprint density at radius 3 is 3.14 bits per heavy atom. The maximum atomic E-state index is 13.2. The van der Waals surface area contributed by atoms with Crippen LogP contribution in [-0.2, 0) is 18.3 Å². The number of carbonyl (C=O) groups excluding carboxylic acids is 1. The van der Waals surface area contributed by atoms with E-state index >= 15 is 0 Å². The van der Waals surface area contributed by atoms with Crippen LogP contribution in [0.4, 0.5) is 4.39 Å². The summed E-state index contributed by atoms with van der Waals surface area (Å²) in [5, 5.41) is 2.85. The number of halogens is 1. The molecule has 0 aliphatic heterocycles. The molecule has 4 nitrogen and oxygen atoms in total. The van der Waals surface area contributed by atoms with Crippen molar-refractivity contribution in [2.24, 2.45) is 7.05 Å². The first-order chi connectivity index (χ1) is 10.1. The number of benzene rings is 1. The molecule has 0 bridgehead atoms. The molecule has 112 valence electrons. The van der Waals surface area contributed by atoms with Crippen LogP contribution in [0.2, 0.25) is 0 Å². The van der Waals surface area contributed by atoms with Crippen molar-refractivity contribution in [2.45, 2.75) is 6.42 Å². The number of amides is 1. The third-order valence-electron chi connectivity index (χ3n) is 3.08. The predicted molar refractivity (Wildman–Crippen MR) is 84.9 cm³/mol. The lowest BCUT2D eigenvalue weighted by Gasteiger charge is -2.05. The number of thioether (sulfide) groups is 1. The lowest BCUT2D eigenvalue weighted by molar-refractivity contribution is -0.118. The molecule has 0 unspecified atom stereocenters. The summed E-state index contributed by atoms with van der Waals surface area (Å²) < 4.78 is 15.1. The highest BCUT2D eigenvalue weighted by molar-refractivity contribution is 8.00. The standard InChI is InChI=1S/C15H18FN3OS/c1-3-8-21-10-15(20)17-7-6-14-18-12-5-4-11(16)9-13(12)19(14)2/h3-5,9H,1,6-8,10H2,2H3,(H,17,20). The summed E-state index contributed by atoms with van der Waals surface area (Å²) in [4.78, 5) is 16.0. The van der Waals surface area contributed by atoms with E-state index in [-0.39, 0.29) is 11.7 Å². The van der Waals surface area contributed by atoms with Gasteiger partial charge in [0.05, 0.1) is 16.8 Å². The van der Waals surface area contributed by atoms with Crippen LogP contribution in [0.15, 0.2) is 30.9 Å². The number of aromatic nitrogens is 2. The molecule has 1 aromatic heterocycles. The molecular weight excluding hydrogens is 289 g/mol. The summed E-state index contributed by atoms with van der Waals surface area (Å²) in [6, 6.07) is 4.53. The van der Waals surface area contributed by atoms with E-state index in [2.05, 4.69) is 16.9 Å². The third kappa shape index (κ3) is 4.07. The average Bonchev–Trinajstić information content (AvgIpc) is 2.76. The van der Waals surface area contributed by atoms with Crippen LogP contribution >= 0.6 is 11.8 Å². The van der Waals surface area contributed by atoms with Crippen LogP contribution in [-0.4, -0.2) is 33.5 Å². The zero-order valence-corrected chi connectivity index (χ0v) is 12.8. The van der Waals surface area contributed by atoms with Gasteiger partial charge in [0.1, 0.15) is 11.6 Å². The first-order valence-corrected chi connectivity index (χ1v) is 7.83. The van der Waals surface area contributed by atoms with Gasteiger partial charge in [-0.05, 0) is 18.2 Å². The molecular formula is C15H18FN3OS. The second-order valence-corrected chi connectivity index (χ2v) is 5.65. The maximum Gasteiger partial charge on any atom is 0.230 e. The molecule has 0 aliphatic rings. The Hall–Kier alpha value is -1.82. The number of hydrogen-bond acceptors (Lipinski definition) is 3. The van der Waals surface area contributed by atoms with Crippen molar-refractivity contribution in [3.63, 3.8) is 0 Å². The smallest absolute Gasteiger partial charge is 0.230 e. The van der Waals surface area contributed by atoms with Gasteiger partial charge in [-0.25, -0.2) is 9.37 Å². The van der Waals surface area contributed by atoms with Gasteiger partial charge in [-0.3, -0.25) is 4.79 Å². The number of carbonyl (C=O) groups is 1. The van der Waals surface area contributed by atoms with Crippen molar-refractivity contribution in [1.82, 2.24) is 14.9 Å². The number of nitrogens with zero attached hydrogens (tertiary/aromatic N) is 2. The molecule has 6 heteroatoms. The van der Waals surface area contributed by atoms with Gasteiger partial charge < -0.3 is 9.88 Å². The van der Waals surface area contributed by atoms with E-state index in [1.54, 1.807) is 12.1 Å². The Labute approximate surface area is 127 Å². The van der Waals surface area contributed by atoms with Gasteiger partial charge in [-0.15, -0.1) is 18.3 Å². The van der Waals surface area contributed by atoms with Crippen molar-refractivity contribution in [1.29, 1.82) is 0 Å². The molecule has 0 aliphatic carbocycles. The molecule has 21 heavy (non-hydrogen) atoms. The largest absolute Gasteiger partial charge is 0.355 e. The zero-order valence-electron chi connectivity index (χ0n) is 11.9. The minimum Gasteiger partial charge on any atom is -0.355 e. The molecule has 0 radical (unpaired) electrons. The Kier molecular flexibility index (Phi) is 5.38. The van der Waals surface area contributed by atoms with Crippen LogP contribution in [0.5, 0.6) is 0 Å². The molecule has 1 N–H and O–H groups in total. The van der Waals surface area contributed by atoms with Crippen LogP contribution in [0.3, 0.4) is 0 Å². The highest BCUT2D eigenvalue weighted by Crippen LogP contribution is 2.16. The SMILES string of the molecule is C=CCSCC(=O)NCCc1nc2ccc(F)cc2n1C. The Bertz CT molecular complexity index is 654. The van der Waals surface area contributed by atoms with E-state index in [1.165, 1.54) is 23.9 Å². The monoisotopic (exact) mass is 307 g/mol. The first kappa shape index (κ1) is 15.6. The number of rotatable bonds is 7. The minimum absolute atomic E-state index is 0.00617. The lowest BCUT2D eigenvalue weighted by Crippen LogP contribution is -2.28. The van der Waals surface area contributed by atoms with Crippen LogP contribution in [0.25, 0.3) is 11.0 Å². The summed E-state index contributed by atoms with van der Waals surface area (Å²) in [5.74, 6) is 1.76. The van der Waals surface area contributed by atoms with Crippen LogP contribution < -0.4 is 5.32 Å². The molecule has 0 saturated carbocycles. The second-order valence-electron chi connectivity index (χ2n) is 4.62. The molecule has 0 fully saturated rings. The van der Waals surface area contributed by atoms with Crippen molar-refractivity contribution in [3.8, 4) is 0 Å². The van der Waals surface area contributed by atoms with E-state index in [1.807, 2.05) is 11.6 Å². The van der Waals surface area contributed by atoms with E-state index in [4.69, 9.17) is 0 Å². The van der Waals surface area contributed by atoms with Crippen LogP contribution in [0.1, 0.15) is 5.82 Å². The number of fused-ring (bicyclic) bond motifs is 1. The minimum atomic E-state index is -0.274. The quantitative estimate of drug-likeness (QED) is 0.630. The summed E-state index contributed by atoms with van der Waals surface area (Å²) in [6.45, 7) is 4.13. The van der Waals surface area contributed by atoms with Crippen molar-refractivity contribution in [2.75, 3.05) is 18.1 Å². The van der Waals surface area contributed by atoms with Crippen molar-refractivity contribution >= 4 is 28.7 Å². The fourth-order valence-corrected chi connectivity index (χ4v) is 2.61. The van der Waals surface area contributed by atoms with Gasteiger partial charge in [-0.2, -0.15) is 0 Å². The number of hydrogen-bond donors (Lipinski definition) is 1. The molecule has 2 rings (SSSR count). The zero-order chi connectivity index (χ0) is 15.2. The molecule has 1 aromatic carbocycles. The van der Waals surface area contributed by atoms with E-state index in [9.17, 15) is 9.18 Å². The predicted octanol–water partition coefficient (Wildman–Crippen LogP) is 2.29. The topological polar surface area (TPSA) is 46.9 Å². The van der Waals surface area contributed by atoms with Gasteiger partial charge in [0, 0.05) is 25.8 Å². The highest BCUT2D eigenvalue weighted by Gasteiger charge is 2.09. The molecule has 0 saturated heterocycles. The van der Waals surface area contributed by atoms with E-state index < -0.39 is 0 Å². The Balaban J connectivity index is 1.90. The Morgan fingerprint density at radius 1 is 1.57 bits per heavy atom. The second kappa shape index (κ2) is 7.26. The average molecular weight is 307 g/mol. The molecule has 0 spiro atoms. The summed E-state index contributed by atoms with van der Waals surface area (Å²) in [5.41, 5.74) is 1.53. The van der Waals surface area contributed by atoms with Crippen LogP contribution in [0, 0.1) is 5.82 Å². The molecule has 2 aromatic rings. The number of aryl methyl sites for hydroxylation is 1. The van der Waals surface area contributed by atoms with E-state index in [0.29, 0.717) is 18.7 Å². The normalized spacial score (nSPS) is 10.8. The summed E-state index contributed by atoms with van der Waals surface area (Å²) in [7, 11) is 1.85. The van der Waals surface area contributed by atoms with Gasteiger partial charge >= 0.3 is 0 Å².